The third-order valence-electron chi connectivity index (χ3n) is 4.65. The zero-order valence-corrected chi connectivity index (χ0v) is 18.8. The number of nitrogens with zero attached hydrogens (tertiary/aromatic N) is 2. The molecule has 0 saturated heterocycles. The highest BCUT2D eigenvalue weighted by atomic mass is 32.2. The van der Waals surface area contributed by atoms with Gasteiger partial charge in [0.2, 0.25) is 0 Å². The van der Waals surface area contributed by atoms with E-state index in [4.69, 9.17) is 4.74 Å². The highest BCUT2D eigenvalue weighted by Crippen LogP contribution is 2.33. The van der Waals surface area contributed by atoms with Gasteiger partial charge in [0.25, 0.3) is 0 Å². The molecule has 8 heteroatoms. The lowest BCUT2D eigenvalue weighted by Crippen LogP contribution is -2.00. The number of nitrogens with one attached hydrogen (secondary N) is 2. The summed E-state index contributed by atoms with van der Waals surface area (Å²) in [4.78, 5) is 5.10. The third kappa shape index (κ3) is 4.71. The van der Waals surface area contributed by atoms with E-state index in [-0.39, 0.29) is 0 Å². The maximum absolute atomic E-state index is 11.6. The fraction of sp³-hybridized carbons (Fsp3) is 0.273. The Morgan fingerprint density at radius 1 is 1.20 bits per heavy atom. The van der Waals surface area contributed by atoms with Gasteiger partial charge in [-0.3, -0.25) is 9.31 Å². The number of anilines is 2. The van der Waals surface area contributed by atoms with Crippen LogP contribution in [0.25, 0.3) is 10.9 Å². The molecule has 30 heavy (non-hydrogen) atoms. The van der Waals surface area contributed by atoms with Crippen molar-refractivity contribution in [1.82, 2.24) is 15.2 Å². The fourth-order valence-electron chi connectivity index (χ4n) is 3.27. The minimum Gasteiger partial charge on any atom is -0.487 e. The highest BCUT2D eigenvalue weighted by molar-refractivity contribution is 7.84. The average molecular weight is 441 g/mol. The monoisotopic (exact) mass is 440 g/mol. The van der Waals surface area contributed by atoms with Crippen LogP contribution in [0.3, 0.4) is 0 Å². The van der Waals surface area contributed by atoms with Gasteiger partial charge < -0.3 is 10.1 Å². The molecule has 1 unspecified atom stereocenters. The van der Waals surface area contributed by atoms with E-state index in [2.05, 4.69) is 46.5 Å². The quantitative estimate of drug-likeness (QED) is 0.390. The van der Waals surface area contributed by atoms with Gasteiger partial charge in [-0.05, 0) is 47.7 Å². The molecule has 156 valence electrons. The van der Waals surface area contributed by atoms with Crippen molar-refractivity contribution in [1.29, 1.82) is 0 Å². The zero-order valence-electron chi connectivity index (χ0n) is 17.1. The molecule has 6 nitrogen and oxygen atoms in total. The van der Waals surface area contributed by atoms with E-state index >= 15 is 0 Å². The SMILES string of the molecule is CC(C)Cc1cc(OCc2ccc(S(C)=O)cc2)c2[nH]nc(Nc3nccs3)c2c1. The van der Waals surface area contributed by atoms with Crippen LogP contribution in [0.4, 0.5) is 10.9 Å². The van der Waals surface area contributed by atoms with Crippen molar-refractivity contribution >= 4 is 44.0 Å². The zero-order chi connectivity index (χ0) is 21.1. The van der Waals surface area contributed by atoms with E-state index in [0.29, 0.717) is 12.5 Å². The Morgan fingerprint density at radius 3 is 2.67 bits per heavy atom. The Balaban J connectivity index is 1.63. The minimum absolute atomic E-state index is 0.422. The van der Waals surface area contributed by atoms with Crippen molar-refractivity contribution in [3.05, 3.63) is 59.1 Å². The number of benzene rings is 2. The normalized spacial score (nSPS) is 12.4. The lowest BCUT2D eigenvalue weighted by molar-refractivity contribution is 0.309. The van der Waals surface area contributed by atoms with Crippen LogP contribution in [-0.2, 0) is 23.8 Å². The van der Waals surface area contributed by atoms with Gasteiger partial charge in [-0.2, -0.15) is 5.10 Å². The van der Waals surface area contributed by atoms with Crippen molar-refractivity contribution in [2.45, 2.75) is 31.8 Å². The largest absolute Gasteiger partial charge is 0.487 e. The lowest BCUT2D eigenvalue weighted by atomic mass is 10.0. The predicted molar refractivity (Wildman–Crippen MR) is 123 cm³/mol. The van der Waals surface area contributed by atoms with Crippen LogP contribution in [0.5, 0.6) is 5.75 Å². The number of thiazole rings is 1. The molecule has 2 aromatic carbocycles. The number of H-pyrrole nitrogens is 1. The van der Waals surface area contributed by atoms with Crippen molar-refractivity contribution in [2.24, 2.45) is 5.92 Å². The minimum atomic E-state index is -0.981. The maximum Gasteiger partial charge on any atom is 0.188 e. The molecule has 2 heterocycles. The molecule has 0 bridgehead atoms. The predicted octanol–water partition coefficient (Wildman–Crippen LogP) is 5.28. The van der Waals surface area contributed by atoms with Crippen molar-refractivity contribution in [3.8, 4) is 5.75 Å². The van der Waals surface area contributed by atoms with Crippen LogP contribution >= 0.6 is 11.3 Å². The van der Waals surface area contributed by atoms with Crippen molar-refractivity contribution in [2.75, 3.05) is 11.6 Å². The second kappa shape index (κ2) is 8.97. The number of rotatable bonds is 8. The van der Waals surface area contributed by atoms with Gasteiger partial charge in [0, 0.05) is 38.9 Å². The Hall–Kier alpha value is -2.71. The average Bonchev–Trinajstić information content (AvgIpc) is 3.37. The number of aromatic amines is 1. The molecule has 0 aliphatic rings. The topological polar surface area (TPSA) is 79.9 Å². The summed E-state index contributed by atoms with van der Waals surface area (Å²) >= 11 is 1.53. The Bertz CT molecular complexity index is 1150. The second-order valence-electron chi connectivity index (χ2n) is 7.54. The van der Waals surface area contributed by atoms with Gasteiger partial charge in [0.15, 0.2) is 10.9 Å². The number of hydrogen-bond acceptors (Lipinski definition) is 6. The lowest BCUT2D eigenvalue weighted by Gasteiger charge is -2.12. The van der Waals surface area contributed by atoms with Crippen LogP contribution < -0.4 is 10.1 Å². The first kappa shape index (κ1) is 20.6. The van der Waals surface area contributed by atoms with Crippen LogP contribution in [0.1, 0.15) is 25.0 Å². The fourth-order valence-corrected chi connectivity index (χ4v) is 4.32. The molecule has 0 radical (unpaired) electrons. The molecule has 0 fully saturated rings. The summed E-state index contributed by atoms with van der Waals surface area (Å²) in [7, 11) is -0.981. The van der Waals surface area contributed by atoms with Gasteiger partial charge in [0.1, 0.15) is 17.9 Å². The summed E-state index contributed by atoms with van der Waals surface area (Å²) in [6.07, 6.45) is 4.39. The smallest absolute Gasteiger partial charge is 0.188 e. The Kier molecular flexibility index (Phi) is 6.15. The molecule has 2 N–H and O–H groups in total. The molecule has 0 spiro atoms. The van der Waals surface area contributed by atoms with Gasteiger partial charge in [-0.15, -0.1) is 11.3 Å². The third-order valence-corrected chi connectivity index (χ3v) is 6.27. The molecule has 2 aromatic heterocycles. The molecule has 0 aliphatic carbocycles. The van der Waals surface area contributed by atoms with E-state index in [1.165, 1.54) is 16.9 Å². The summed E-state index contributed by atoms with van der Waals surface area (Å²) in [5, 5.41) is 14.6. The first-order chi connectivity index (χ1) is 14.5. The summed E-state index contributed by atoms with van der Waals surface area (Å²) in [6.45, 7) is 4.83. The highest BCUT2D eigenvalue weighted by Gasteiger charge is 2.14. The maximum atomic E-state index is 11.6. The summed E-state index contributed by atoms with van der Waals surface area (Å²) in [5.41, 5.74) is 3.08. The number of fused-ring (bicyclic) bond motifs is 1. The molecule has 4 aromatic rings. The van der Waals surface area contributed by atoms with Gasteiger partial charge >= 0.3 is 0 Å². The molecular weight excluding hydrogens is 416 g/mol. The van der Waals surface area contributed by atoms with Gasteiger partial charge in [0.05, 0.1) is 0 Å². The summed E-state index contributed by atoms with van der Waals surface area (Å²) in [6, 6.07) is 11.9. The Labute approximate surface area is 182 Å². The van der Waals surface area contributed by atoms with Gasteiger partial charge in [-0.1, -0.05) is 26.0 Å². The van der Waals surface area contributed by atoms with Crippen LogP contribution in [-0.4, -0.2) is 25.6 Å². The molecule has 0 saturated carbocycles. The van der Waals surface area contributed by atoms with Crippen LogP contribution in [0.15, 0.2) is 52.9 Å². The van der Waals surface area contributed by atoms with Crippen molar-refractivity contribution < 1.29 is 8.95 Å². The first-order valence-electron chi connectivity index (χ1n) is 9.72. The Morgan fingerprint density at radius 2 is 2.00 bits per heavy atom. The van der Waals surface area contributed by atoms with Crippen LogP contribution in [0.2, 0.25) is 0 Å². The number of hydrogen-bond donors (Lipinski definition) is 2. The van der Waals surface area contributed by atoms with Crippen LogP contribution in [0, 0.1) is 5.92 Å². The van der Waals surface area contributed by atoms with E-state index in [9.17, 15) is 4.21 Å². The van der Waals surface area contributed by atoms with Gasteiger partial charge in [-0.25, -0.2) is 4.98 Å². The number of ether oxygens (including phenoxy) is 1. The van der Waals surface area contributed by atoms with E-state index in [0.717, 1.165) is 44.5 Å². The summed E-state index contributed by atoms with van der Waals surface area (Å²) < 4.78 is 17.8. The second-order valence-corrected chi connectivity index (χ2v) is 9.81. The molecule has 1 atom stereocenters. The molecule has 0 aliphatic heterocycles. The molecule has 4 rings (SSSR count). The van der Waals surface area contributed by atoms with Crippen molar-refractivity contribution in [3.63, 3.8) is 0 Å². The molecular formula is C22H24N4O2S2. The van der Waals surface area contributed by atoms with E-state index in [1.54, 1.807) is 12.5 Å². The van der Waals surface area contributed by atoms with E-state index in [1.807, 2.05) is 29.6 Å². The van der Waals surface area contributed by atoms with E-state index < -0.39 is 10.8 Å². The standard InChI is InChI=1S/C22H24N4O2S2/c1-14(2)10-16-11-18-20(25-26-21(18)24-22-23-8-9-29-22)19(12-16)28-13-15-4-6-17(7-5-15)30(3)27/h4-9,11-12,14H,10,13H2,1-3H3,(H2,23,24,25,26). The number of aromatic nitrogens is 3. The summed E-state index contributed by atoms with van der Waals surface area (Å²) in [5.74, 6) is 2.04. The first-order valence-corrected chi connectivity index (χ1v) is 12.2. The molecule has 0 amide bonds.